The predicted octanol–water partition coefficient (Wildman–Crippen LogP) is 11.6. The van der Waals surface area contributed by atoms with Gasteiger partial charge in [-0.2, -0.15) is 0 Å². The average molecular weight is 979 g/mol. The number of hydrogen-bond donors (Lipinski definition) is 1. The number of nitrogens with zero attached hydrogens (tertiary/aromatic N) is 1. The summed E-state index contributed by atoms with van der Waals surface area (Å²) in [5.74, 6) is 0.547. The Labute approximate surface area is 326 Å². The van der Waals surface area contributed by atoms with Gasteiger partial charge in [-0.15, -0.1) is 0 Å². The number of hydrogen-bond acceptors (Lipinski definition) is 3. The van der Waals surface area contributed by atoms with Gasteiger partial charge in [0.2, 0.25) is 0 Å². The third kappa shape index (κ3) is 9.75. The van der Waals surface area contributed by atoms with E-state index in [1.54, 1.807) is 3.58 Å². The molecule has 0 aliphatic carbocycles. The molecule has 0 spiro atoms. The number of aliphatic hydroxyl groups excluding tert-OH is 1. The van der Waals surface area contributed by atoms with Crippen LogP contribution in [-0.4, -0.2) is 44.4 Å². The van der Waals surface area contributed by atoms with Gasteiger partial charge in [0.15, 0.2) is 5.78 Å². The Hall–Kier alpha value is -2.32. The van der Waals surface area contributed by atoms with Crippen molar-refractivity contribution >= 4 is 59.0 Å². The van der Waals surface area contributed by atoms with E-state index in [0.29, 0.717) is 0 Å². The summed E-state index contributed by atoms with van der Waals surface area (Å²) in [5, 5.41) is 15.1. The number of ketones is 1. The Morgan fingerprint density at radius 3 is 2.06 bits per heavy atom. The van der Waals surface area contributed by atoms with Crippen LogP contribution in [0.5, 0.6) is 0 Å². The molecule has 0 fully saturated rings. The molecule has 0 amide bonds. The number of aliphatic hydroxyl groups is 1. The topological polar surface area (TPSA) is 50.2 Å². The molecule has 3 aromatic carbocycles. The molecule has 0 saturated heterocycles. The van der Waals surface area contributed by atoms with Gasteiger partial charge in [-0.05, 0) is 25.7 Å². The fourth-order valence-electron chi connectivity index (χ4n) is 6.49. The van der Waals surface area contributed by atoms with Crippen molar-refractivity contribution in [3.05, 3.63) is 95.9 Å². The molecule has 5 aromatic rings. The van der Waals surface area contributed by atoms with Crippen LogP contribution in [-0.2, 0) is 30.3 Å². The Balaban J connectivity index is 0.000000361. The van der Waals surface area contributed by atoms with E-state index >= 15 is 0 Å². The van der Waals surface area contributed by atoms with Crippen molar-refractivity contribution in [2.24, 2.45) is 11.8 Å². The molecule has 5 rings (SSSR count). The Bertz CT molecular complexity index is 1920. The summed E-state index contributed by atoms with van der Waals surface area (Å²) in [7, 11) is -1.29. The van der Waals surface area contributed by atoms with E-state index in [4.69, 9.17) is 4.98 Å². The maximum absolute atomic E-state index is 11.7. The number of pyridine rings is 1. The number of benzene rings is 3. The van der Waals surface area contributed by atoms with Gasteiger partial charge in [0, 0.05) is 38.0 Å². The molecule has 3 nitrogen and oxygen atoms in total. The zero-order valence-electron chi connectivity index (χ0n) is 32.0. The van der Waals surface area contributed by atoms with Crippen LogP contribution < -0.4 is 5.19 Å². The molecule has 269 valence electrons. The standard InChI is InChI=1S/C31H32NSiTe.C13H24O2.Ir/c1-20-25-16-17-32-28(23-18-22-10-8-9-11-26(22)27(19-23)31(2,3)4)30(25)34-29(20)21-12-14-24(15-13-21)33(5,6)7;1-5-10(6-2)12(14)9-13(15)11(7-3)8-4;/h8-17,19H,1-7H3;9-11,14H,5-8H2,1-4H3;/q-1;;/b;12-9-;. The van der Waals surface area contributed by atoms with Gasteiger partial charge in [-0.25, -0.2) is 0 Å². The van der Waals surface area contributed by atoms with Crippen molar-refractivity contribution in [1.82, 2.24) is 4.98 Å². The third-order valence-corrected chi connectivity index (χ3v) is 15.7. The normalized spacial score (nSPS) is 12.3. The number of carbonyl (C=O) groups is 1. The number of fused-ring (bicyclic) bond motifs is 2. The summed E-state index contributed by atoms with van der Waals surface area (Å²) < 4.78 is 3.01. The van der Waals surface area contributed by atoms with Gasteiger partial charge >= 0.3 is 215 Å². The van der Waals surface area contributed by atoms with E-state index in [2.05, 4.69) is 114 Å². The number of rotatable bonds is 10. The van der Waals surface area contributed by atoms with Gasteiger partial charge in [-0.3, -0.25) is 4.79 Å². The average Bonchev–Trinajstić information content (AvgIpc) is 3.41. The van der Waals surface area contributed by atoms with Gasteiger partial charge in [0.05, 0.1) is 5.76 Å². The van der Waals surface area contributed by atoms with Crippen LogP contribution >= 0.6 is 0 Å². The summed E-state index contributed by atoms with van der Waals surface area (Å²) in [6, 6.07) is 26.4. The van der Waals surface area contributed by atoms with Crippen LogP contribution in [0.25, 0.3) is 40.0 Å². The summed E-state index contributed by atoms with van der Waals surface area (Å²) >= 11 is -0.549. The summed E-state index contributed by atoms with van der Waals surface area (Å²) in [6.07, 6.45) is 6.89. The van der Waals surface area contributed by atoms with E-state index < -0.39 is 28.5 Å². The molecular weight excluding hydrogens is 922 g/mol. The molecule has 2 heterocycles. The number of aromatic nitrogens is 1. The fourth-order valence-corrected chi connectivity index (χ4v) is 11.4. The first kappa shape index (κ1) is 42.1. The van der Waals surface area contributed by atoms with Crippen LogP contribution in [0.3, 0.4) is 0 Å². The van der Waals surface area contributed by atoms with Crippen LogP contribution in [0.4, 0.5) is 0 Å². The maximum Gasteiger partial charge on any atom is 0 e. The molecular formula is C44H56IrNO2SiTe-. The third-order valence-electron chi connectivity index (χ3n) is 9.79. The zero-order valence-corrected chi connectivity index (χ0v) is 37.7. The van der Waals surface area contributed by atoms with Gasteiger partial charge in [0.1, 0.15) is 0 Å². The minimum absolute atomic E-state index is 0. The summed E-state index contributed by atoms with van der Waals surface area (Å²) in [4.78, 5) is 16.7. The molecule has 0 saturated carbocycles. The Morgan fingerprint density at radius 1 is 0.900 bits per heavy atom. The Morgan fingerprint density at radius 2 is 1.50 bits per heavy atom. The first-order valence-electron chi connectivity index (χ1n) is 18.0. The van der Waals surface area contributed by atoms with Gasteiger partial charge in [0.25, 0.3) is 0 Å². The predicted molar refractivity (Wildman–Crippen MR) is 216 cm³/mol. The molecule has 0 unspecified atom stereocenters. The van der Waals surface area contributed by atoms with Crippen LogP contribution in [0, 0.1) is 24.8 Å². The SMILES string of the molecule is CCC(CC)C(=O)/C=C(\O)C(CC)CC.Cc1c(-c2ccc([Si](C)(C)C)cc2)[te]c2c(-c3[c-]c4ccccc4c(C(C)(C)C)c3)nccc12.[Ir]. The maximum atomic E-state index is 11.7. The van der Waals surface area contributed by atoms with E-state index in [1.807, 2.05) is 33.9 Å². The molecule has 0 atom stereocenters. The summed E-state index contributed by atoms with van der Waals surface area (Å²) in [6.45, 7) is 24.5. The second-order valence-electron chi connectivity index (χ2n) is 15.3. The minimum Gasteiger partial charge on any atom is 0 e. The van der Waals surface area contributed by atoms with E-state index in [0.717, 1.165) is 36.9 Å². The Kier molecular flexibility index (Phi) is 15.1. The van der Waals surface area contributed by atoms with E-state index in [1.165, 1.54) is 47.5 Å². The molecule has 1 radical (unpaired) electrons. The summed E-state index contributed by atoms with van der Waals surface area (Å²) in [5.41, 5.74) is 6.50. The second kappa shape index (κ2) is 17.9. The smallest absolute Gasteiger partial charge is 0 e. The van der Waals surface area contributed by atoms with Gasteiger partial charge in [-0.1, -0.05) is 27.7 Å². The number of carbonyl (C=O) groups excluding carboxylic acids is 1. The molecule has 0 aliphatic heterocycles. The quantitative estimate of drug-likeness (QED) is 0.0657. The van der Waals surface area contributed by atoms with Gasteiger partial charge < -0.3 is 5.11 Å². The van der Waals surface area contributed by atoms with E-state index in [9.17, 15) is 9.90 Å². The van der Waals surface area contributed by atoms with Crippen molar-refractivity contribution in [2.75, 3.05) is 0 Å². The van der Waals surface area contributed by atoms with Crippen molar-refractivity contribution in [3.8, 4) is 20.4 Å². The van der Waals surface area contributed by atoms with Crippen molar-refractivity contribution in [1.29, 1.82) is 0 Å². The molecule has 0 bridgehead atoms. The number of allylic oxidation sites excluding steroid dienone is 2. The molecule has 50 heavy (non-hydrogen) atoms. The fraction of sp³-hybridized carbons (Fsp3) is 0.409. The molecule has 0 aliphatic rings. The molecule has 1 N–H and O–H groups in total. The first-order chi connectivity index (χ1) is 23.1. The van der Waals surface area contributed by atoms with Crippen molar-refractivity contribution in [3.63, 3.8) is 0 Å². The zero-order chi connectivity index (χ0) is 36.1. The first-order valence-corrected chi connectivity index (χ1v) is 23.9. The van der Waals surface area contributed by atoms with Crippen LogP contribution in [0.15, 0.2) is 78.7 Å². The molecule has 2 aromatic heterocycles. The van der Waals surface area contributed by atoms with Crippen LogP contribution in [0.1, 0.15) is 85.3 Å². The van der Waals surface area contributed by atoms with E-state index in [-0.39, 0.29) is 48.9 Å². The minimum atomic E-state index is -1.29. The monoisotopic (exact) mass is 981 g/mol. The second-order valence-corrected chi connectivity index (χ2v) is 23.3. The molecule has 6 heteroatoms. The van der Waals surface area contributed by atoms with Crippen LogP contribution in [0.2, 0.25) is 19.6 Å². The van der Waals surface area contributed by atoms with Crippen molar-refractivity contribution < 1.29 is 30.0 Å². The number of aryl methyl sites for hydroxylation is 1. The largest absolute Gasteiger partial charge is 0 e. The van der Waals surface area contributed by atoms with Crippen molar-refractivity contribution in [2.45, 2.75) is 106 Å².